The van der Waals surface area contributed by atoms with E-state index >= 15 is 0 Å². The lowest BCUT2D eigenvalue weighted by molar-refractivity contribution is 0.278. The first kappa shape index (κ1) is 10.7. The van der Waals surface area contributed by atoms with Crippen molar-refractivity contribution >= 4 is 10.8 Å². The van der Waals surface area contributed by atoms with Gasteiger partial charge in [-0.2, -0.15) is 0 Å². The van der Waals surface area contributed by atoms with E-state index in [1.54, 1.807) is 20.4 Å². The minimum atomic E-state index is -0.0905. The molecule has 0 unspecified atom stereocenters. The Morgan fingerprint density at radius 3 is 2.56 bits per heavy atom. The quantitative estimate of drug-likeness (QED) is 0.854. The fourth-order valence-electron chi connectivity index (χ4n) is 1.77. The van der Waals surface area contributed by atoms with Crippen LogP contribution >= 0.6 is 0 Å². The maximum Gasteiger partial charge on any atom is 0.168 e. The molecule has 0 bridgehead atoms. The summed E-state index contributed by atoms with van der Waals surface area (Å²) in [5, 5.41) is 11.0. The molecule has 0 aliphatic heterocycles. The normalized spacial score (nSPS) is 10.4. The molecule has 0 amide bonds. The van der Waals surface area contributed by atoms with E-state index in [1.807, 2.05) is 18.2 Å². The SMILES string of the molecule is COc1ccc2c(CO)nccc2c1OC. The smallest absolute Gasteiger partial charge is 0.168 e. The first-order valence-corrected chi connectivity index (χ1v) is 4.91. The molecule has 0 spiro atoms. The molecule has 0 aliphatic rings. The standard InChI is InChI=1S/C12H13NO3/c1-15-11-4-3-8-9(12(11)16-2)5-6-13-10(8)7-14/h3-6,14H,7H2,1-2H3. The molecule has 0 saturated carbocycles. The van der Waals surface area contributed by atoms with Crippen molar-refractivity contribution in [2.24, 2.45) is 0 Å². The van der Waals surface area contributed by atoms with Gasteiger partial charge in [-0.1, -0.05) is 0 Å². The Bertz CT molecular complexity index is 511. The Labute approximate surface area is 93.4 Å². The number of nitrogens with zero attached hydrogens (tertiary/aromatic N) is 1. The van der Waals surface area contributed by atoms with Crippen molar-refractivity contribution in [3.8, 4) is 11.5 Å². The lowest BCUT2D eigenvalue weighted by Crippen LogP contribution is -1.95. The van der Waals surface area contributed by atoms with Crippen molar-refractivity contribution < 1.29 is 14.6 Å². The van der Waals surface area contributed by atoms with Gasteiger partial charge < -0.3 is 14.6 Å². The third-order valence-electron chi connectivity index (χ3n) is 2.52. The fourth-order valence-corrected chi connectivity index (χ4v) is 1.77. The van der Waals surface area contributed by atoms with Crippen LogP contribution in [0, 0.1) is 0 Å². The number of fused-ring (bicyclic) bond motifs is 1. The number of ether oxygens (including phenoxy) is 2. The van der Waals surface area contributed by atoms with Crippen molar-refractivity contribution in [1.29, 1.82) is 0 Å². The van der Waals surface area contributed by atoms with E-state index in [-0.39, 0.29) is 6.61 Å². The summed E-state index contributed by atoms with van der Waals surface area (Å²) in [6.45, 7) is -0.0905. The molecule has 1 N–H and O–H groups in total. The molecule has 1 heterocycles. The van der Waals surface area contributed by atoms with Gasteiger partial charge in [0.15, 0.2) is 11.5 Å². The van der Waals surface area contributed by atoms with Crippen LogP contribution in [0.4, 0.5) is 0 Å². The number of aliphatic hydroxyl groups is 1. The fraction of sp³-hybridized carbons (Fsp3) is 0.250. The van der Waals surface area contributed by atoms with Crippen LogP contribution in [0.2, 0.25) is 0 Å². The third-order valence-corrected chi connectivity index (χ3v) is 2.52. The summed E-state index contributed by atoms with van der Waals surface area (Å²) in [4.78, 5) is 4.11. The number of aromatic nitrogens is 1. The van der Waals surface area contributed by atoms with Crippen molar-refractivity contribution in [2.45, 2.75) is 6.61 Å². The number of aliphatic hydroxyl groups excluding tert-OH is 1. The average Bonchev–Trinajstić information content (AvgIpc) is 2.36. The molecule has 1 aromatic heterocycles. The maximum atomic E-state index is 9.19. The summed E-state index contributed by atoms with van der Waals surface area (Å²) < 4.78 is 10.5. The van der Waals surface area contributed by atoms with E-state index < -0.39 is 0 Å². The number of hydrogen-bond donors (Lipinski definition) is 1. The molecule has 84 valence electrons. The van der Waals surface area contributed by atoms with Gasteiger partial charge in [0.1, 0.15) is 0 Å². The molecule has 2 aromatic rings. The van der Waals surface area contributed by atoms with Crippen molar-refractivity contribution in [3.63, 3.8) is 0 Å². The second kappa shape index (κ2) is 4.37. The van der Waals surface area contributed by atoms with Gasteiger partial charge in [-0.05, 0) is 18.2 Å². The summed E-state index contributed by atoms with van der Waals surface area (Å²) in [5.41, 5.74) is 0.637. The van der Waals surface area contributed by atoms with E-state index in [0.29, 0.717) is 17.2 Å². The van der Waals surface area contributed by atoms with Gasteiger partial charge in [0.2, 0.25) is 0 Å². The Kier molecular flexibility index (Phi) is 2.92. The Balaban J connectivity index is 2.78. The lowest BCUT2D eigenvalue weighted by atomic mass is 10.1. The predicted molar refractivity (Wildman–Crippen MR) is 60.8 cm³/mol. The number of hydrogen-bond acceptors (Lipinski definition) is 4. The molecule has 4 heteroatoms. The van der Waals surface area contributed by atoms with Gasteiger partial charge in [-0.3, -0.25) is 4.98 Å². The highest BCUT2D eigenvalue weighted by molar-refractivity contribution is 5.92. The van der Waals surface area contributed by atoms with Crippen LogP contribution in [0.1, 0.15) is 5.69 Å². The molecule has 2 rings (SSSR count). The molecule has 1 aromatic carbocycles. The molecular weight excluding hydrogens is 206 g/mol. The van der Waals surface area contributed by atoms with E-state index in [1.165, 1.54) is 0 Å². The second-order valence-corrected chi connectivity index (χ2v) is 3.31. The van der Waals surface area contributed by atoms with Crippen molar-refractivity contribution in [3.05, 3.63) is 30.1 Å². The molecule has 0 saturated heterocycles. The predicted octanol–water partition coefficient (Wildman–Crippen LogP) is 1.74. The van der Waals surface area contributed by atoms with Crippen LogP contribution in [0.15, 0.2) is 24.4 Å². The van der Waals surface area contributed by atoms with Gasteiger partial charge in [0.05, 0.1) is 26.5 Å². The Morgan fingerprint density at radius 2 is 1.94 bits per heavy atom. The first-order valence-electron chi connectivity index (χ1n) is 4.91. The van der Waals surface area contributed by atoms with E-state index in [4.69, 9.17) is 9.47 Å². The highest BCUT2D eigenvalue weighted by atomic mass is 16.5. The summed E-state index contributed by atoms with van der Waals surface area (Å²) in [5.74, 6) is 1.34. The van der Waals surface area contributed by atoms with Crippen LogP contribution in [0.5, 0.6) is 11.5 Å². The average molecular weight is 219 g/mol. The van der Waals surface area contributed by atoms with Crippen LogP contribution in [-0.2, 0) is 6.61 Å². The zero-order valence-electron chi connectivity index (χ0n) is 9.23. The van der Waals surface area contributed by atoms with Gasteiger partial charge >= 0.3 is 0 Å². The molecule has 0 radical (unpaired) electrons. The molecule has 0 fully saturated rings. The highest BCUT2D eigenvalue weighted by Gasteiger charge is 2.10. The summed E-state index contributed by atoms with van der Waals surface area (Å²) in [7, 11) is 3.19. The minimum Gasteiger partial charge on any atom is -0.493 e. The van der Waals surface area contributed by atoms with Gasteiger partial charge in [0, 0.05) is 17.0 Å². The first-order chi connectivity index (χ1) is 7.81. The zero-order valence-corrected chi connectivity index (χ0v) is 9.23. The highest BCUT2D eigenvalue weighted by Crippen LogP contribution is 2.35. The molecule has 0 atom stereocenters. The maximum absolute atomic E-state index is 9.19. The van der Waals surface area contributed by atoms with Crippen LogP contribution < -0.4 is 9.47 Å². The Morgan fingerprint density at radius 1 is 1.12 bits per heavy atom. The van der Waals surface area contributed by atoms with E-state index in [9.17, 15) is 5.11 Å². The summed E-state index contributed by atoms with van der Waals surface area (Å²) in [6.07, 6.45) is 1.65. The monoisotopic (exact) mass is 219 g/mol. The summed E-state index contributed by atoms with van der Waals surface area (Å²) >= 11 is 0. The van der Waals surface area contributed by atoms with Crippen LogP contribution in [0.25, 0.3) is 10.8 Å². The van der Waals surface area contributed by atoms with Crippen LogP contribution in [0.3, 0.4) is 0 Å². The molecule has 0 aliphatic carbocycles. The molecule has 4 nitrogen and oxygen atoms in total. The number of methoxy groups -OCH3 is 2. The van der Waals surface area contributed by atoms with Gasteiger partial charge in [0.25, 0.3) is 0 Å². The third kappa shape index (κ3) is 1.57. The second-order valence-electron chi connectivity index (χ2n) is 3.31. The van der Waals surface area contributed by atoms with E-state index in [0.717, 1.165) is 10.8 Å². The van der Waals surface area contributed by atoms with Crippen LogP contribution in [-0.4, -0.2) is 24.3 Å². The Hall–Kier alpha value is -1.81. The molecular formula is C12H13NO3. The lowest BCUT2D eigenvalue weighted by Gasteiger charge is -2.11. The van der Waals surface area contributed by atoms with Gasteiger partial charge in [-0.25, -0.2) is 0 Å². The number of pyridine rings is 1. The van der Waals surface area contributed by atoms with Crippen molar-refractivity contribution in [2.75, 3.05) is 14.2 Å². The largest absolute Gasteiger partial charge is 0.493 e. The molecule has 16 heavy (non-hydrogen) atoms. The summed E-state index contributed by atoms with van der Waals surface area (Å²) in [6, 6.07) is 5.52. The van der Waals surface area contributed by atoms with Crippen molar-refractivity contribution in [1.82, 2.24) is 4.98 Å². The van der Waals surface area contributed by atoms with E-state index in [2.05, 4.69) is 4.98 Å². The van der Waals surface area contributed by atoms with Gasteiger partial charge in [-0.15, -0.1) is 0 Å². The number of rotatable bonds is 3. The topological polar surface area (TPSA) is 51.6 Å². The minimum absolute atomic E-state index is 0.0905. The number of benzene rings is 1. The zero-order chi connectivity index (χ0) is 11.5.